The van der Waals surface area contributed by atoms with Crippen LogP contribution in [0.15, 0.2) is 41.4 Å². The van der Waals surface area contributed by atoms with Crippen LogP contribution in [0.2, 0.25) is 5.02 Å². The van der Waals surface area contributed by atoms with Crippen molar-refractivity contribution in [3.8, 4) is 18.1 Å². The molecule has 42 heavy (non-hydrogen) atoms. The summed E-state index contributed by atoms with van der Waals surface area (Å²) in [5, 5.41) is 2.05. The third-order valence-corrected chi connectivity index (χ3v) is 8.24. The van der Waals surface area contributed by atoms with Crippen molar-refractivity contribution in [1.82, 2.24) is 14.0 Å². The smallest absolute Gasteiger partial charge is 0.265 e. The lowest BCUT2D eigenvalue weighted by molar-refractivity contribution is -0.165. The molecule has 0 spiro atoms. The van der Waals surface area contributed by atoms with Gasteiger partial charge in [0, 0.05) is 35.6 Å². The van der Waals surface area contributed by atoms with Gasteiger partial charge in [0.25, 0.3) is 11.8 Å². The molecule has 6 rings (SSSR count). The molecule has 4 heterocycles. The lowest BCUT2D eigenvalue weighted by Gasteiger charge is -2.28. The normalized spacial score (nSPS) is 18.6. The van der Waals surface area contributed by atoms with Crippen molar-refractivity contribution in [1.29, 1.82) is 0 Å². The molecule has 3 aliphatic heterocycles. The van der Waals surface area contributed by atoms with E-state index in [0.29, 0.717) is 34.4 Å². The first-order valence-corrected chi connectivity index (χ1v) is 14.5. The largest absolute Gasteiger partial charge is 0.481 e. The van der Waals surface area contributed by atoms with Crippen LogP contribution in [0.5, 0.6) is 5.75 Å². The number of nitrogens with zero attached hydrogens (tertiary/aromatic N) is 5. The van der Waals surface area contributed by atoms with Crippen LogP contribution in [0.25, 0.3) is 0 Å². The second-order valence-electron chi connectivity index (χ2n) is 11.8. The Morgan fingerprint density at radius 1 is 1.21 bits per heavy atom. The van der Waals surface area contributed by atoms with E-state index in [4.69, 9.17) is 27.6 Å². The zero-order chi connectivity index (χ0) is 30.2. The second kappa shape index (κ2) is 11.5. The minimum atomic E-state index is -0.515. The minimum absolute atomic E-state index is 0.00687. The van der Waals surface area contributed by atoms with Crippen LogP contribution >= 0.6 is 23.1 Å². The zero-order valence-electron chi connectivity index (χ0n) is 23.8. The maximum absolute atomic E-state index is 14.5. The first-order valence-electron chi connectivity index (χ1n) is 13.4. The Hall–Kier alpha value is -3.72. The highest BCUT2D eigenvalue weighted by Gasteiger charge is 2.40. The topological polar surface area (TPSA) is 89.3 Å². The van der Waals surface area contributed by atoms with Crippen molar-refractivity contribution in [2.24, 2.45) is 15.8 Å². The molecule has 2 aromatic carbocycles. The van der Waals surface area contributed by atoms with Crippen LogP contribution in [0.4, 0.5) is 15.8 Å². The lowest BCUT2D eigenvalue weighted by atomic mass is 9.92. The summed E-state index contributed by atoms with van der Waals surface area (Å²) in [6, 6.07) is 10.2. The molecule has 1 saturated heterocycles. The average molecular weight is 612 g/mol. The van der Waals surface area contributed by atoms with Crippen LogP contribution in [-0.2, 0) is 33.9 Å². The summed E-state index contributed by atoms with van der Waals surface area (Å²) < 4.78 is 26.3. The molecular formula is C30H31ClFN5O4S. The van der Waals surface area contributed by atoms with Crippen LogP contribution in [-0.4, -0.2) is 45.6 Å². The fraction of sp³-hybridized carbons (Fsp3) is 0.400. The van der Waals surface area contributed by atoms with Gasteiger partial charge in [-0.05, 0) is 37.0 Å². The van der Waals surface area contributed by atoms with Crippen molar-refractivity contribution in [2.75, 3.05) is 24.7 Å². The third kappa shape index (κ3) is 6.07. The standard InChI is InChI=1S/C18H17FN4O2S.C12H14ClNO2/c1-4-5-22-13-7-12(11(19)6-14(13)25-9-16(22)24)20-17-23-10-18(2,3)8-15(23)21-26-17;1-12(2)8-16-14(11(12)15)7-9-5-3-4-6-10(9)13/h1,6-7H,5,8-10H2,2-3H3;3-6H,7-8H2,1-2H3. The van der Waals surface area contributed by atoms with Crippen molar-refractivity contribution in [2.45, 2.75) is 47.2 Å². The molecule has 0 unspecified atom stereocenters. The van der Waals surface area contributed by atoms with E-state index in [0.717, 1.165) is 24.4 Å². The third-order valence-electron chi connectivity index (χ3n) is 7.09. The van der Waals surface area contributed by atoms with Gasteiger partial charge in [0.1, 0.15) is 17.3 Å². The Balaban J connectivity index is 0.000000189. The number of anilines is 1. The summed E-state index contributed by atoms with van der Waals surface area (Å²) in [4.78, 5) is 35.8. The summed E-state index contributed by atoms with van der Waals surface area (Å²) in [6.07, 6.45) is 6.22. The van der Waals surface area contributed by atoms with Gasteiger partial charge in [-0.3, -0.25) is 19.3 Å². The number of hydrogen-bond donors (Lipinski definition) is 0. The van der Waals surface area contributed by atoms with Crippen molar-refractivity contribution in [3.05, 3.63) is 63.4 Å². The highest BCUT2D eigenvalue weighted by atomic mass is 35.5. The van der Waals surface area contributed by atoms with Gasteiger partial charge in [0.05, 0.1) is 30.8 Å². The Morgan fingerprint density at radius 3 is 2.67 bits per heavy atom. The van der Waals surface area contributed by atoms with Gasteiger partial charge in [-0.25, -0.2) is 14.4 Å². The van der Waals surface area contributed by atoms with Crippen LogP contribution in [0.1, 0.15) is 39.1 Å². The van der Waals surface area contributed by atoms with Crippen molar-refractivity contribution < 1.29 is 23.6 Å². The quantitative estimate of drug-likeness (QED) is 0.392. The van der Waals surface area contributed by atoms with Crippen LogP contribution in [0.3, 0.4) is 0 Å². The number of ether oxygens (including phenoxy) is 1. The lowest BCUT2D eigenvalue weighted by Crippen LogP contribution is -2.39. The molecule has 220 valence electrons. The number of carbonyl (C=O) groups excluding carboxylic acids is 2. The Bertz CT molecular complexity index is 1660. The van der Waals surface area contributed by atoms with Gasteiger partial charge in [-0.2, -0.15) is 4.37 Å². The number of carbonyl (C=O) groups is 2. The van der Waals surface area contributed by atoms with Gasteiger partial charge >= 0.3 is 0 Å². The highest BCUT2D eigenvalue weighted by molar-refractivity contribution is 7.02. The van der Waals surface area contributed by atoms with E-state index in [1.165, 1.54) is 33.6 Å². The van der Waals surface area contributed by atoms with E-state index in [2.05, 4.69) is 29.1 Å². The fourth-order valence-electron chi connectivity index (χ4n) is 4.84. The molecule has 3 aromatic rings. The van der Waals surface area contributed by atoms with E-state index in [1.54, 1.807) is 0 Å². The maximum Gasteiger partial charge on any atom is 0.265 e. The zero-order valence-corrected chi connectivity index (χ0v) is 25.4. The first kappa shape index (κ1) is 29.8. The van der Waals surface area contributed by atoms with Gasteiger partial charge < -0.3 is 9.30 Å². The number of amides is 2. The Morgan fingerprint density at radius 2 is 1.98 bits per heavy atom. The van der Waals surface area contributed by atoms with E-state index < -0.39 is 11.2 Å². The highest BCUT2D eigenvalue weighted by Crippen LogP contribution is 2.37. The van der Waals surface area contributed by atoms with E-state index in [1.807, 2.05) is 42.7 Å². The van der Waals surface area contributed by atoms with Gasteiger partial charge in [-0.15, -0.1) is 6.42 Å². The van der Waals surface area contributed by atoms with Crippen LogP contribution < -0.4 is 14.4 Å². The van der Waals surface area contributed by atoms with E-state index in [9.17, 15) is 14.0 Å². The number of halogens is 2. The van der Waals surface area contributed by atoms with E-state index >= 15 is 0 Å². The average Bonchev–Trinajstić information content (AvgIpc) is 3.53. The van der Waals surface area contributed by atoms with Gasteiger partial charge in [0.15, 0.2) is 12.4 Å². The monoisotopic (exact) mass is 611 g/mol. The summed E-state index contributed by atoms with van der Waals surface area (Å²) in [5.74, 6) is 2.93. The molecule has 12 heteroatoms. The summed E-state index contributed by atoms with van der Waals surface area (Å²) >= 11 is 7.27. The number of aromatic nitrogens is 2. The van der Waals surface area contributed by atoms with Crippen LogP contribution in [0, 0.1) is 29.0 Å². The number of hydroxylamine groups is 2. The summed E-state index contributed by atoms with van der Waals surface area (Å²) in [7, 11) is 0. The number of rotatable bonds is 4. The number of hydrogen-bond acceptors (Lipinski definition) is 7. The molecule has 0 atom stereocenters. The summed E-state index contributed by atoms with van der Waals surface area (Å²) in [5.41, 5.74) is 1.15. The molecule has 0 bridgehead atoms. The molecule has 1 fully saturated rings. The molecule has 3 aliphatic rings. The number of benzene rings is 2. The second-order valence-corrected chi connectivity index (χ2v) is 12.9. The van der Waals surface area contributed by atoms with Crippen molar-refractivity contribution in [3.63, 3.8) is 0 Å². The molecule has 0 saturated carbocycles. The molecule has 0 aliphatic carbocycles. The molecule has 0 radical (unpaired) electrons. The fourth-order valence-corrected chi connectivity index (χ4v) is 5.80. The predicted octanol–water partition coefficient (Wildman–Crippen LogP) is 4.90. The molecule has 1 aromatic heterocycles. The molecule has 2 amide bonds. The first-order chi connectivity index (χ1) is 19.9. The SMILES string of the molecule is C#CCN1C(=O)COc2cc(F)c(N=c3snc4n3CC(C)(C)C4)cc21.CC1(C)CON(Cc2ccccc2Cl)C1=O. The Kier molecular flexibility index (Phi) is 8.16. The Labute approximate surface area is 252 Å². The van der Waals surface area contributed by atoms with E-state index in [-0.39, 0.29) is 36.1 Å². The van der Waals surface area contributed by atoms with Crippen molar-refractivity contribution >= 4 is 46.3 Å². The number of terminal acetylenes is 1. The summed E-state index contributed by atoms with van der Waals surface area (Å²) in [6.45, 7) is 9.64. The minimum Gasteiger partial charge on any atom is -0.481 e. The van der Waals surface area contributed by atoms with Gasteiger partial charge in [0.2, 0.25) is 4.80 Å². The maximum atomic E-state index is 14.5. The molecular weight excluding hydrogens is 581 g/mol. The predicted molar refractivity (Wildman–Crippen MR) is 158 cm³/mol. The molecule has 9 nitrogen and oxygen atoms in total. The number of fused-ring (bicyclic) bond motifs is 2. The molecule has 0 N–H and O–H groups in total. The van der Waals surface area contributed by atoms with Gasteiger partial charge in [-0.1, -0.05) is 49.6 Å².